The summed E-state index contributed by atoms with van der Waals surface area (Å²) in [6, 6.07) is 8.45. The molecule has 10 nitrogen and oxygen atoms in total. The number of aromatic hydroxyl groups is 1. The summed E-state index contributed by atoms with van der Waals surface area (Å²) in [6.07, 6.45) is 5.80. The Hall–Kier alpha value is -4.51. The van der Waals surface area contributed by atoms with Crippen LogP contribution in [0.25, 0.3) is 0 Å². The van der Waals surface area contributed by atoms with E-state index in [4.69, 9.17) is 21.4 Å². The van der Waals surface area contributed by atoms with E-state index in [2.05, 4.69) is 0 Å². The molecule has 12 heteroatoms. The van der Waals surface area contributed by atoms with Crippen molar-refractivity contribution in [2.45, 2.75) is 51.9 Å². The van der Waals surface area contributed by atoms with Crippen LogP contribution in [0.4, 0.5) is 10.1 Å². The van der Waals surface area contributed by atoms with Crippen LogP contribution in [0.3, 0.4) is 0 Å². The Morgan fingerprint density at radius 2 is 1.83 bits per heavy atom. The Labute approximate surface area is 280 Å². The van der Waals surface area contributed by atoms with Gasteiger partial charge in [0.25, 0.3) is 0 Å². The van der Waals surface area contributed by atoms with Gasteiger partial charge in [0, 0.05) is 30.9 Å². The van der Waals surface area contributed by atoms with Crippen LogP contribution in [0, 0.1) is 40.8 Å². The number of nitrogens with zero attached hydrogens (tertiary/aromatic N) is 2. The second-order valence-electron chi connectivity index (χ2n) is 13.6. The van der Waals surface area contributed by atoms with Crippen molar-refractivity contribution in [1.29, 1.82) is 0 Å². The van der Waals surface area contributed by atoms with Crippen LogP contribution in [0.15, 0.2) is 59.9 Å². The third kappa shape index (κ3) is 4.93. The van der Waals surface area contributed by atoms with E-state index in [0.29, 0.717) is 49.0 Å². The first kappa shape index (κ1) is 32.1. The van der Waals surface area contributed by atoms with Crippen molar-refractivity contribution < 1.29 is 43.3 Å². The number of fused-ring (bicyclic) bond motifs is 5. The number of imide groups is 2. The van der Waals surface area contributed by atoms with Crippen LogP contribution in [-0.4, -0.2) is 51.3 Å². The van der Waals surface area contributed by atoms with Crippen molar-refractivity contribution in [3.8, 4) is 11.5 Å². The molecule has 3 fully saturated rings. The molecule has 2 aromatic rings. The summed E-state index contributed by atoms with van der Waals surface area (Å²) in [5.41, 5.74) is 1.03. The summed E-state index contributed by atoms with van der Waals surface area (Å²) in [6.45, 7) is 1.94. The molecule has 6 unspecified atom stereocenters. The van der Waals surface area contributed by atoms with Crippen molar-refractivity contribution >= 4 is 46.9 Å². The van der Waals surface area contributed by atoms with E-state index in [1.807, 2.05) is 6.08 Å². The zero-order chi connectivity index (χ0) is 34.1. The molecule has 250 valence electrons. The molecule has 0 radical (unpaired) electrons. The average molecular weight is 677 g/mol. The third-order valence-electron chi connectivity index (χ3n) is 10.9. The lowest BCUT2D eigenvalue weighted by Gasteiger charge is -2.49. The molecule has 2 saturated heterocycles. The number of hydrogen-bond donors (Lipinski definition) is 2. The molecule has 7 rings (SSSR count). The molecule has 3 heterocycles. The summed E-state index contributed by atoms with van der Waals surface area (Å²) in [4.78, 5) is 69.8. The zero-order valence-corrected chi connectivity index (χ0v) is 26.9. The van der Waals surface area contributed by atoms with Crippen molar-refractivity contribution in [3.63, 3.8) is 0 Å². The highest BCUT2D eigenvalue weighted by Crippen LogP contribution is 2.63. The van der Waals surface area contributed by atoms with E-state index < -0.39 is 58.6 Å². The number of rotatable bonds is 8. The lowest BCUT2D eigenvalue weighted by molar-refractivity contribution is -0.141. The maximum atomic E-state index is 14.6. The topological polar surface area (TPSA) is 142 Å². The molecule has 4 amide bonds. The van der Waals surface area contributed by atoms with Gasteiger partial charge >= 0.3 is 5.97 Å². The first-order valence-corrected chi connectivity index (χ1v) is 16.6. The highest BCUT2D eigenvalue weighted by Gasteiger charge is 2.68. The molecule has 1 saturated carbocycles. The number of aliphatic carboxylic acids is 1. The smallest absolute Gasteiger partial charge is 0.303 e. The summed E-state index contributed by atoms with van der Waals surface area (Å²) in [5, 5.41) is 18.9. The standard InChI is InChI=1S/C36H34ClFN2O8/c1-36-25(33(45)40(35(36)47)20-6-10-27(38)26(37)15-20)16-24-22(31(36)19-13-18-14-21(41)7-11-28(18)48-17-19)8-9-23-30(24)34(46)39(32(23)44)12-4-2-3-5-29(42)43/h6-8,10-11,14-15,17,23-25,30-31,41H,2-5,9,12-13,16H2,1H3,(H,42,43). The minimum Gasteiger partial charge on any atom is -0.508 e. The van der Waals surface area contributed by atoms with Gasteiger partial charge in [-0.25, -0.2) is 9.29 Å². The quantitative estimate of drug-likeness (QED) is 0.215. The van der Waals surface area contributed by atoms with Gasteiger partial charge in [-0.05, 0) is 80.5 Å². The van der Waals surface area contributed by atoms with Gasteiger partial charge in [0.15, 0.2) is 0 Å². The minimum absolute atomic E-state index is 0.0155. The highest BCUT2D eigenvalue weighted by atomic mass is 35.5. The van der Waals surface area contributed by atoms with E-state index in [9.17, 15) is 33.5 Å². The van der Waals surface area contributed by atoms with Crippen molar-refractivity contribution in [2.24, 2.45) is 35.0 Å². The number of halogens is 2. The number of likely N-dealkylation sites (tertiary alicyclic amines) is 1. The normalized spacial score (nSPS) is 29.1. The number of carbonyl (C=O) groups excluding carboxylic acids is 4. The molecule has 5 aliphatic rings. The van der Waals surface area contributed by atoms with Crippen LogP contribution >= 0.6 is 11.6 Å². The Kier molecular flexibility index (Phi) is 7.93. The van der Waals surface area contributed by atoms with Gasteiger partial charge in [-0.3, -0.25) is 28.9 Å². The van der Waals surface area contributed by atoms with E-state index in [-0.39, 0.29) is 47.7 Å². The number of allylic oxidation sites excluding steroid dienone is 3. The number of unbranched alkanes of at least 4 members (excludes halogenated alkanes) is 2. The SMILES string of the molecule is CC12C(=O)N(c3ccc(F)c(Cl)c3)C(=O)C1CC1C(=CCC3C(=O)N(CCCCCC(=O)O)C(=O)C31)C2C1=COc2ccc(O)cc2C1. The van der Waals surface area contributed by atoms with Crippen LogP contribution < -0.4 is 9.64 Å². The number of benzene rings is 2. The second kappa shape index (κ2) is 11.9. The number of anilines is 1. The molecule has 48 heavy (non-hydrogen) atoms. The van der Waals surface area contributed by atoms with Gasteiger partial charge in [0.2, 0.25) is 23.6 Å². The monoisotopic (exact) mass is 676 g/mol. The molecule has 6 atom stereocenters. The lowest BCUT2D eigenvalue weighted by Crippen LogP contribution is -2.51. The Balaban J connectivity index is 1.27. The van der Waals surface area contributed by atoms with Crippen LogP contribution in [0.1, 0.15) is 51.0 Å². The number of phenols is 1. The number of carboxylic acids is 1. The zero-order valence-electron chi connectivity index (χ0n) is 26.2. The van der Waals surface area contributed by atoms with Gasteiger partial charge in [-0.2, -0.15) is 0 Å². The van der Waals surface area contributed by atoms with E-state index >= 15 is 0 Å². The molecule has 2 aromatic carbocycles. The first-order valence-electron chi connectivity index (χ1n) is 16.2. The lowest BCUT2D eigenvalue weighted by atomic mass is 9.51. The summed E-state index contributed by atoms with van der Waals surface area (Å²) in [7, 11) is 0. The van der Waals surface area contributed by atoms with Crippen molar-refractivity contribution in [2.75, 3.05) is 11.4 Å². The minimum atomic E-state index is -1.31. The molecular weight excluding hydrogens is 643 g/mol. The summed E-state index contributed by atoms with van der Waals surface area (Å²) >= 11 is 6.08. The predicted octanol–water partition coefficient (Wildman–Crippen LogP) is 5.41. The number of carboxylic acid groups (broad SMARTS) is 1. The first-order chi connectivity index (χ1) is 22.9. The Morgan fingerprint density at radius 1 is 1.04 bits per heavy atom. The van der Waals surface area contributed by atoms with Gasteiger partial charge in [-0.1, -0.05) is 29.7 Å². The fourth-order valence-electron chi connectivity index (χ4n) is 8.72. The molecular formula is C36H34ClFN2O8. The van der Waals surface area contributed by atoms with Gasteiger partial charge < -0.3 is 14.9 Å². The number of carbonyl (C=O) groups is 5. The number of phenolic OH excluding ortho intramolecular Hbond substituents is 1. The average Bonchev–Trinajstić information content (AvgIpc) is 3.41. The molecule has 2 N–H and O–H groups in total. The maximum absolute atomic E-state index is 14.6. The van der Waals surface area contributed by atoms with E-state index in [1.54, 1.807) is 25.3 Å². The van der Waals surface area contributed by atoms with E-state index in [0.717, 1.165) is 16.5 Å². The Bertz CT molecular complexity index is 1840. The molecule has 0 aromatic heterocycles. The van der Waals surface area contributed by atoms with Gasteiger partial charge in [0.1, 0.15) is 17.3 Å². The maximum Gasteiger partial charge on any atom is 0.303 e. The third-order valence-corrected chi connectivity index (χ3v) is 11.2. The van der Waals surface area contributed by atoms with Crippen LogP contribution in [0.2, 0.25) is 5.02 Å². The summed E-state index contributed by atoms with van der Waals surface area (Å²) < 4.78 is 20.1. The fraction of sp³-hybridized carbons (Fsp3) is 0.417. The largest absolute Gasteiger partial charge is 0.508 e. The number of hydrogen-bond acceptors (Lipinski definition) is 7. The van der Waals surface area contributed by atoms with Crippen LogP contribution in [0.5, 0.6) is 11.5 Å². The number of ether oxygens (including phenoxy) is 1. The highest BCUT2D eigenvalue weighted by molar-refractivity contribution is 6.31. The van der Waals surface area contributed by atoms with Crippen LogP contribution in [-0.2, 0) is 30.4 Å². The van der Waals surface area contributed by atoms with Crippen molar-refractivity contribution in [1.82, 2.24) is 4.90 Å². The van der Waals surface area contributed by atoms with Gasteiger partial charge in [-0.15, -0.1) is 0 Å². The molecule has 3 aliphatic heterocycles. The molecule has 0 bridgehead atoms. The predicted molar refractivity (Wildman–Crippen MR) is 170 cm³/mol. The Morgan fingerprint density at radius 3 is 2.58 bits per heavy atom. The van der Waals surface area contributed by atoms with Gasteiger partial charge in [0.05, 0.1) is 40.1 Å². The summed E-state index contributed by atoms with van der Waals surface area (Å²) in [5.74, 6) is -5.94. The molecule has 2 aliphatic carbocycles. The molecule has 0 spiro atoms. The number of amides is 4. The fourth-order valence-corrected chi connectivity index (χ4v) is 8.90. The second-order valence-corrected chi connectivity index (χ2v) is 14.0. The van der Waals surface area contributed by atoms with Crippen molar-refractivity contribution in [3.05, 3.63) is 76.3 Å². The van der Waals surface area contributed by atoms with E-state index in [1.165, 1.54) is 23.1 Å².